The van der Waals surface area contributed by atoms with Gasteiger partial charge in [0.25, 0.3) is 0 Å². The minimum Gasteiger partial charge on any atom is -0.492 e. The van der Waals surface area contributed by atoms with Crippen LogP contribution in [0.5, 0.6) is 11.5 Å². The van der Waals surface area contributed by atoms with Crippen LogP contribution in [0, 0.1) is 11.3 Å². The number of rotatable bonds is 7. The van der Waals surface area contributed by atoms with Crippen molar-refractivity contribution in [2.75, 3.05) is 20.3 Å². The van der Waals surface area contributed by atoms with E-state index in [1.807, 2.05) is 0 Å². The Bertz CT molecular complexity index is 1230. The third-order valence-corrected chi connectivity index (χ3v) is 5.34. The molecule has 158 valence electrons. The first-order chi connectivity index (χ1) is 15.0. The van der Waals surface area contributed by atoms with Crippen molar-refractivity contribution in [3.63, 3.8) is 0 Å². The number of fused-ring (bicyclic) bond motifs is 3. The molecule has 1 aliphatic rings. The van der Waals surface area contributed by atoms with E-state index in [0.717, 1.165) is 0 Å². The number of thiazole rings is 1. The number of carboxylic acids is 1. The molecule has 2 aromatic heterocycles. The van der Waals surface area contributed by atoms with Crippen LogP contribution in [-0.4, -0.2) is 41.0 Å². The van der Waals surface area contributed by atoms with E-state index in [1.54, 1.807) is 34.7 Å². The number of aromatic carboxylic acids is 1. The van der Waals surface area contributed by atoms with Crippen molar-refractivity contribution < 1.29 is 24.1 Å². The molecule has 0 aliphatic carbocycles. The molecular formula is C21H17N3O6S. The van der Waals surface area contributed by atoms with Gasteiger partial charge in [-0.1, -0.05) is 0 Å². The average molecular weight is 439 g/mol. The van der Waals surface area contributed by atoms with E-state index in [9.17, 15) is 20.0 Å². The Kier molecular flexibility index (Phi) is 5.70. The number of nitrogens with zero attached hydrogens (tertiary/aromatic N) is 3. The van der Waals surface area contributed by atoms with Crippen LogP contribution in [0.4, 0.5) is 0 Å². The Morgan fingerprint density at radius 2 is 2.23 bits per heavy atom. The number of carboxylic acid groups (broad SMARTS) is 1. The molecule has 31 heavy (non-hydrogen) atoms. The monoisotopic (exact) mass is 439 g/mol. The minimum absolute atomic E-state index is 0.271. The Labute approximate surface area is 180 Å². The SMILES string of the molecule is COCCCOc1cc2c(cc1C#N)-c1cc(=O)c(C(=O)O)cn1C(c1cscn1)O2. The topological polar surface area (TPSA) is 124 Å². The van der Waals surface area contributed by atoms with Crippen LogP contribution >= 0.6 is 11.3 Å². The maximum Gasteiger partial charge on any atom is 0.341 e. The van der Waals surface area contributed by atoms with E-state index in [1.165, 1.54) is 23.6 Å². The first-order valence-corrected chi connectivity index (χ1v) is 10.2. The number of carbonyl (C=O) groups is 1. The van der Waals surface area contributed by atoms with Gasteiger partial charge in [0.2, 0.25) is 6.23 Å². The lowest BCUT2D eigenvalue weighted by Gasteiger charge is -2.30. The van der Waals surface area contributed by atoms with E-state index < -0.39 is 17.6 Å². The summed E-state index contributed by atoms with van der Waals surface area (Å²) < 4.78 is 18.4. The molecule has 1 aromatic carbocycles. The first-order valence-electron chi connectivity index (χ1n) is 9.28. The molecule has 3 heterocycles. The molecule has 0 radical (unpaired) electrons. The quantitative estimate of drug-likeness (QED) is 0.558. The summed E-state index contributed by atoms with van der Waals surface area (Å²) in [5.74, 6) is -0.575. The van der Waals surface area contributed by atoms with Crippen LogP contribution in [-0.2, 0) is 4.74 Å². The summed E-state index contributed by atoms with van der Waals surface area (Å²) in [6.07, 6.45) is 1.12. The standard InChI is InChI=1S/C21H17N3O6S/c1-28-3-2-4-29-18-7-19-13(5-12(18)8-22)16-6-17(25)14(21(26)27)9-24(16)20(30-19)15-10-31-11-23-15/h5-7,9-11,20H,2-4H2,1H3,(H,26,27). The van der Waals surface area contributed by atoms with Gasteiger partial charge < -0.3 is 23.9 Å². The van der Waals surface area contributed by atoms with Crippen molar-refractivity contribution in [1.29, 1.82) is 5.26 Å². The van der Waals surface area contributed by atoms with Crippen molar-refractivity contribution >= 4 is 17.3 Å². The number of benzene rings is 1. The normalized spacial score (nSPS) is 14.1. The predicted octanol–water partition coefficient (Wildman–Crippen LogP) is 2.90. The van der Waals surface area contributed by atoms with E-state index in [-0.39, 0.29) is 11.1 Å². The fraction of sp³-hybridized carbons (Fsp3) is 0.238. The molecule has 10 heteroatoms. The number of aromatic nitrogens is 2. The van der Waals surface area contributed by atoms with Crippen molar-refractivity contribution in [3.05, 3.63) is 62.3 Å². The number of methoxy groups -OCH3 is 1. The van der Waals surface area contributed by atoms with E-state index in [2.05, 4.69) is 11.1 Å². The molecule has 0 saturated carbocycles. The van der Waals surface area contributed by atoms with Gasteiger partial charge in [-0.2, -0.15) is 5.26 Å². The number of pyridine rings is 1. The summed E-state index contributed by atoms with van der Waals surface area (Å²) >= 11 is 1.37. The van der Waals surface area contributed by atoms with E-state index in [0.29, 0.717) is 48.1 Å². The Balaban J connectivity index is 1.85. The van der Waals surface area contributed by atoms with Crippen molar-refractivity contribution in [1.82, 2.24) is 9.55 Å². The summed E-state index contributed by atoms with van der Waals surface area (Å²) in [5, 5.41) is 20.8. The largest absolute Gasteiger partial charge is 0.492 e. The highest BCUT2D eigenvalue weighted by Gasteiger charge is 2.30. The number of nitriles is 1. The Hall–Kier alpha value is -3.68. The molecule has 0 fully saturated rings. The number of hydrogen-bond donors (Lipinski definition) is 1. The molecule has 1 unspecified atom stereocenters. The highest BCUT2D eigenvalue weighted by atomic mass is 32.1. The summed E-state index contributed by atoms with van der Waals surface area (Å²) in [6.45, 7) is 0.881. The van der Waals surface area contributed by atoms with Gasteiger partial charge in [-0.05, 0) is 6.07 Å². The smallest absolute Gasteiger partial charge is 0.341 e. The molecule has 1 atom stereocenters. The maximum absolute atomic E-state index is 12.4. The van der Waals surface area contributed by atoms with E-state index in [4.69, 9.17) is 14.2 Å². The molecule has 9 nitrogen and oxygen atoms in total. The zero-order valence-corrected chi connectivity index (χ0v) is 17.2. The second kappa shape index (κ2) is 8.59. The Morgan fingerprint density at radius 3 is 2.90 bits per heavy atom. The van der Waals surface area contributed by atoms with Crippen LogP contribution in [0.25, 0.3) is 11.3 Å². The molecule has 0 bridgehead atoms. The zero-order chi connectivity index (χ0) is 22.0. The third-order valence-electron chi connectivity index (χ3n) is 4.73. The Morgan fingerprint density at radius 1 is 1.39 bits per heavy atom. The van der Waals surface area contributed by atoms with Gasteiger partial charge in [0.05, 0.1) is 23.4 Å². The highest BCUT2D eigenvalue weighted by Crippen LogP contribution is 2.43. The second-order valence-corrected chi connectivity index (χ2v) is 7.40. The van der Waals surface area contributed by atoms with Crippen LogP contribution in [0.3, 0.4) is 0 Å². The third kappa shape index (κ3) is 3.88. The first kappa shape index (κ1) is 20.6. The van der Waals surface area contributed by atoms with Crippen LogP contribution < -0.4 is 14.9 Å². The van der Waals surface area contributed by atoms with Gasteiger partial charge in [-0.15, -0.1) is 11.3 Å². The van der Waals surface area contributed by atoms with Gasteiger partial charge in [-0.3, -0.25) is 4.79 Å². The van der Waals surface area contributed by atoms with Crippen LogP contribution in [0.2, 0.25) is 0 Å². The van der Waals surface area contributed by atoms with Crippen molar-refractivity contribution in [2.45, 2.75) is 12.6 Å². The van der Waals surface area contributed by atoms with Gasteiger partial charge in [0, 0.05) is 49.4 Å². The fourth-order valence-electron chi connectivity index (χ4n) is 3.29. The highest BCUT2D eigenvalue weighted by molar-refractivity contribution is 7.07. The maximum atomic E-state index is 12.4. The molecule has 1 N–H and O–H groups in total. The molecule has 0 saturated heterocycles. The molecule has 4 rings (SSSR count). The van der Waals surface area contributed by atoms with Crippen molar-refractivity contribution in [2.24, 2.45) is 0 Å². The summed E-state index contributed by atoms with van der Waals surface area (Å²) in [5.41, 5.74) is 2.36. The lowest BCUT2D eigenvalue weighted by molar-refractivity contribution is 0.0693. The fourth-order valence-corrected chi connectivity index (χ4v) is 3.86. The zero-order valence-electron chi connectivity index (χ0n) is 16.4. The van der Waals surface area contributed by atoms with Gasteiger partial charge in [-0.25, -0.2) is 9.78 Å². The van der Waals surface area contributed by atoms with Crippen molar-refractivity contribution in [3.8, 4) is 28.8 Å². The van der Waals surface area contributed by atoms with Crippen LogP contribution in [0.15, 0.2) is 40.1 Å². The summed E-state index contributed by atoms with van der Waals surface area (Å²) in [7, 11) is 1.60. The van der Waals surface area contributed by atoms with Gasteiger partial charge in [0.1, 0.15) is 28.8 Å². The minimum atomic E-state index is -1.33. The molecule has 1 aliphatic heterocycles. The van der Waals surface area contributed by atoms with Gasteiger partial charge >= 0.3 is 5.97 Å². The van der Waals surface area contributed by atoms with Crippen LogP contribution in [0.1, 0.15) is 34.3 Å². The summed E-state index contributed by atoms with van der Waals surface area (Å²) in [4.78, 5) is 28.2. The average Bonchev–Trinajstić information content (AvgIpc) is 3.29. The lowest BCUT2D eigenvalue weighted by atomic mass is 10.0. The molecule has 3 aromatic rings. The molecule has 0 amide bonds. The van der Waals surface area contributed by atoms with Gasteiger partial charge in [0.15, 0.2) is 5.43 Å². The van der Waals surface area contributed by atoms with E-state index >= 15 is 0 Å². The number of ether oxygens (including phenoxy) is 3. The molecule has 0 spiro atoms. The molecular weight excluding hydrogens is 422 g/mol. The summed E-state index contributed by atoms with van der Waals surface area (Å²) in [6, 6.07) is 6.52. The second-order valence-electron chi connectivity index (χ2n) is 6.68. The number of hydrogen-bond acceptors (Lipinski definition) is 8. The predicted molar refractivity (Wildman–Crippen MR) is 111 cm³/mol. The lowest BCUT2D eigenvalue weighted by Crippen LogP contribution is -2.28.